The van der Waals surface area contributed by atoms with Crippen molar-refractivity contribution in [1.82, 2.24) is 9.97 Å². The number of ether oxygens (including phenoxy) is 1. The Morgan fingerprint density at radius 3 is 1.82 bits per heavy atom. The molecule has 0 atom stereocenters. The number of nitrogens with two attached hydrogens (primary N) is 1. The molecule has 2 N–H and O–H groups in total. The van der Waals surface area contributed by atoms with E-state index in [-0.39, 0.29) is 10.8 Å². The zero-order valence-electron chi connectivity index (χ0n) is 21.0. The Kier molecular flexibility index (Phi) is 7.33. The number of fused-ring (bicyclic) bond motifs is 1. The van der Waals surface area contributed by atoms with Gasteiger partial charge in [0.1, 0.15) is 5.69 Å². The third kappa shape index (κ3) is 5.10. The van der Waals surface area contributed by atoms with E-state index in [0.717, 1.165) is 26.9 Å². The largest absolute Gasteiger partial charge is 0.416 e. The molecular formula is C31H22N4O2S3. The smallest absolute Gasteiger partial charge is 0.280 e. The van der Waals surface area contributed by atoms with Gasteiger partial charge in [-0.15, -0.1) is 11.3 Å². The van der Waals surface area contributed by atoms with Gasteiger partial charge in [0.25, 0.3) is 5.19 Å². The average molecular weight is 579 g/mol. The molecule has 196 valence electrons. The molecule has 0 radical (unpaired) electrons. The van der Waals surface area contributed by atoms with E-state index in [2.05, 4.69) is 15.1 Å². The number of nitrogen functional groups attached to an aromatic ring is 1. The van der Waals surface area contributed by atoms with E-state index in [4.69, 9.17) is 27.5 Å². The Hall–Kier alpha value is -4.44. The third-order valence-corrected chi connectivity index (χ3v) is 8.09. The van der Waals surface area contributed by atoms with Crippen LogP contribution in [-0.2, 0) is 10.4 Å². The maximum absolute atomic E-state index is 6.66. The van der Waals surface area contributed by atoms with E-state index >= 15 is 0 Å². The molecule has 0 aliphatic rings. The van der Waals surface area contributed by atoms with Crippen LogP contribution in [0.25, 0.3) is 10.2 Å². The summed E-state index contributed by atoms with van der Waals surface area (Å²) in [4.78, 5) is 15.7. The molecule has 0 bridgehead atoms. The Morgan fingerprint density at radius 1 is 0.750 bits per heavy atom. The maximum atomic E-state index is 6.66. The Bertz CT molecular complexity index is 1660. The van der Waals surface area contributed by atoms with E-state index in [0.29, 0.717) is 16.0 Å². The lowest BCUT2D eigenvalue weighted by Gasteiger charge is -2.33. The molecule has 2 heterocycles. The second-order valence-electron chi connectivity index (χ2n) is 8.72. The molecule has 0 aliphatic carbocycles. The van der Waals surface area contributed by atoms with Gasteiger partial charge in [-0.05, 0) is 24.4 Å². The summed E-state index contributed by atoms with van der Waals surface area (Å²) >= 11 is 8.43. The molecule has 0 spiro atoms. The molecule has 0 saturated carbocycles. The van der Waals surface area contributed by atoms with Crippen LogP contribution in [0.3, 0.4) is 0 Å². The van der Waals surface area contributed by atoms with E-state index in [1.54, 1.807) is 5.38 Å². The summed E-state index contributed by atoms with van der Waals surface area (Å²) in [6.07, 6.45) is 0. The van der Waals surface area contributed by atoms with Crippen LogP contribution < -0.4 is 10.5 Å². The lowest BCUT2D eigenvalue weighted by Crippen LogP contribution is -2.32. The van der Waals surface area contributed by atoms with Crippen LogP contribution in [0.1, 0.15) is 22.4 Å². The fraction of sp³-hybridized carbons (Fsp3) is 0.0323. The molecule has 0 amide bonds. The van der Waals surface area contributed by atoms with E-state index in [9.17, 15) is 0 Å². The van der Waals surface area contributed by atoms with Gasteiger partial charge in [0.05, 0.1) is 10.2 Å². The SMILES string of the molecule is Nc1nc(/C(=N/OC(c2ccccc2)(c2ccccc2)c2ccccc2)C(=S)Oc2nc3ccccc3s2)cs1. The maximum Gasteiger partial charge on any atom is 0.280 e. The molecule has 6 rings (SSSR count). The first-order valence-corrected chi connectivity index (χ1v) is 14.5. The van der Waals surface area contributed by atoms with Gasteiger partial charge in [0, 0.05) is 22.1 Å². The first kappa shape index (κ1) is 25.8. The number of anilines is 1. The number of rotatable bonds is 8. The Balaban J connectivity index is 1.48. The van der Waals surface area contributed by atoms with Gasteiger partial charge in [-0.1, -0.05) is 120 Å². The van der Waals surface area contributed by atoms with Crippen LogP contribution in [0.2, 0.25) is 0 Å². The molecule has 9 heteroatoms. The number of benzene rings is 4. The molecule has 6 aromatic rings. The second kappa shape index (κ2) is 11.4. The summed E-state index contributed by atoms with van der Waals surface area (Å²) in [6.45, 7) is 0. The number of para-hydroxylation sites is 1. The highest BCUT2D eigenvalue weighted by molar-refractivity contribution is 7.81. The van der Waals surface area contributed by atoms with Crippen LogP contribution in [0.15, 0.2) is 126 Å². The molecule has 0 saturated heterocycles. The molecule has 4 aromatic carbocycles. The fourth-order valence-electron chi connectivity index (χ4n) is 4.40. The number of aromatic nitrogens is 2. The summed E-state index contributed by atoms with van der Waals surface area (Å²) in [5, 5.41) is 7.32. The van der Waals surface area contributed by atoms with Crippen molar-refractivity contribution < 1.29 is 9.57 Å². The topological polar surface area (TPSA) is 82.6 Å². The number of oxime groups is 1. The molecule has 2 aromatic heterocycles. The van der Waals surface area contributed by atoms with Crippen molar-refractivity contribution in [3.63, 3.8) is 0 Å². The highest BCUT2D eigenvalue weighted by Crippen LogP contribution is 2.41. The summed E-state index contributed by atoms with van der Waals surface area (Å²) in [5.41, 5.74) is 9.11. The highest BCUT2D eigenvalue weighted by Gasteiger charge is 2.40. The zero-order chi connectivity index (χ0) is 27.4. The third-order valence-electron chi connectivity index (χ3n) is 6.23. The van der Waals surface area contributed by atoms with Gasteiger partial charge in [-0.25, -0.2) is 9.97 Å². The van der Waals surface area contributed by atoms with Crippen molar-refractivity contribution >= 4 is 61.0 Å². The van der Waals surface area contributed by atoms with Crippen molar-refractivity contribution in [3.8, 4) is 5.19 Å². The Labute approximate surface area is 244 Å². The lowest BCUT2D eigenvalue weighted by molar-refractivity contribution is 0.0176. The minimum absolute atomic E-state index is 0.0763. The molecule has 0 unspecified atom stereocenters. The number of thiocarbonyl (C=S) groups is 1. The minimum atomic E-state index is -1.10. The quantitative estimate of drug-likeness (QED) is 0.0874. The zero-order valence-corrected chi connectivity index (χ0v) is 23.5. The number of nitrogens with zero attached hydrogens (tertiary/aromatic N) is 3. The van der Waals surface area contributed by atoms with Crippen molar-refractivity contribution in [1.29, 1.82) is 0 Å². The van der Waals surface area contributed by atoms with Crippen molar-refractivity contribution in [2.45, 2.75) is 5.60 Å². The average Bonchev–Trinajstić information content (AvgIpc) is 3.62. The second-order valence-corrected chi connectivity index (χ2v) is 11.0. The summed E-state index contributed by atoms with van der Waals surface area (Å²) in [5.74, 6) is 0. The molecular weight excluding hydrogens is 557 g/mol. The highest BCUT2D eigenvalue weighted by atomic mass is 32.1. The standard InChI is InChI=1S/C31H22N4O2S3/c32-29-33-25(20-39-29)27(28(38)36-30-34-24-18-10-11-19-26(24)40-30)35-37-31(21-12-4-1-5-13-21,22-14-6-2-7-15-22)23-16-8-3-9-17-23/h1-20H,(H2,32,33)/b35-27-. The predicted octanol–water partition coefficient (Wildman–Crippen LogP) is 7.45. The van der Waals surface area contributed by atoms with Gasteiger partial charge < -0.3 is 15.3 Å². The summed E-state index contributed by atoms with van der Waals surface area (Å²) < 4.78 is 7.05. The van der Waals surface area contributed by atoms with Crippen LogP contribution in [0, 0.1) is 0 Å². The van der Waals surface area contributed by atoms with Crippen molar-refractivity contribution in [3.05, 3.63) is 143 Å². The normalized spacial score (nSPS) is 11.8. The fourth-order valence-corrected chi connectivity index (χ4v) is 6.04. The Morgan fingerprint density at radius 2 is 1.30 bits per heavy atom. The van der Waals surface area contributed by atoms with Crippen molar-refractivity contribution in [2.75, 3.05) is 5.73 Å². The van der Waals surface area contributed by atoms with Gasteiger partial charge in [0.2, 0.25) is 10.7 Å². The molecule has 0 fully saturated rings. The minimum Gasteiger partial charge on any atom is -0.416 e. The van der Waals surface area contributed by atoms with Gasteiger partial charge >= 0.3 is 0 Å². The number of hydrogen-bond acceptors (Lipinski definition) is 9. The van der Waals surface area contributed by atoms with Gasteiger partial charge in [-0.3, -0.25) is 0 Å². The molecule has 40 heavy (non-hydrogen) atoms. The first-order chi connectivity index (χ1) is 19.6. The van der Waals surface area contributed by atoms with Gasteiger partial charge in [-0.2, -0.15) is 0 Å². The van der Waals surface area contributed by atoms with Gasteiger partial charge in [0.15, 0.2) is 10.8 Å². The van der Waals surface area contributed by atoms with Crippen LogP contribution in [0.5, 0.6) is 5.19 Å². The molecule has 0 aliphatic heterocycles. The van der Waals surface area contributed by atoms with Crippen LogP contribution >= 0.6 is 34.9 Å². The van der Waals surface area contributed by atoms with E-state index < -0.39 is 5.60 Å². The summed E-state index contributed by atoms with van der Waals surface area (Å²) in [7, 11) is 0. The van der Waals surface area contributed by atoms with E-state index in [1.807, 2.05) is 115 Å². The number of thiazole rings is 2. The van der Waals surface area contributed by atoms with E-state index in [1.165, 1.54) is 22.7 Å². The lowest BCUT2D eigenvalue weighted by atomic mass is 9.80. The monoisotopic (exact) mass is 578 g/mol. The molecule has 6 nitrogen and oxygen atoms in total. The van der Waals surface area contributed by atoms with Crippen molar-refractivity contribution in [2.24, 2.45) is 5.16 Å². The first-order valence-electron chi connectivity index (χ1n) is 12.4. The van der Waals surface area contributed by atoms with Crippen LogP contribution in [-0.4, -0.2) is 20.7 Å². The summed E-state index contributed by atoms with van der Waals surface area (Å²) in [6, 6.07) is 37.7. The predicted molar refractivity (Wildman–Crippen MR) is 166 cm³/mol. The van der Waals surface area contributed by atoms with Crippen LogP contribution in [0.4, 0.5) is 5.13 Å². The number of hydrogen-bond donors (Lipinski definition) is 1.